The zero-order chi connectivity index (χ0) is 19.8. The number of benzene rings is 1. The molecule has 1 aliphatic rings. The van der Waals surface area contributed by atoms with Crippen LogP contribution in [0.25, 0.3) is 22.0 Å². The first kappa shape index (κ1) is 17.7. The second-order valence-electron chi connectivity index (χ2n) is 7.24. The van der Waals surface area contributed by atoms with Crippen molar-refractivity contribution in [2.75, 3.05) is 5.32 Å². The number of pyridine rings is 1. The fourth-order valence-electron chi connectivity index (χ4n) is 3.80. The molecule has 1 atom stereocenters. The Morgan fingerprint density at radius 3 is 2.62 bits per heavy atom. The maximum Gasteiger partial charge on any atom is 0.223 e. The Morgan fingerprint density at radius 2 is 1.93 bits per heavy atom. The van der Waals surface area contributed by atoms with Crippen molar-refractivity contribution < 1.29 is 0 Å². The summed E-state index contributed by atoms with van der Waals surface area (Å²) in [5.41, 5.74) is 3.87. The highest BCUT2D eigenvalue weighted by molar-refractivity contribution is 7.27. The highest BCUT2D eigenvalue weighted by Gasteiger charge is 2.41. The fourth-order valence-corrected chi connectivity index (χ4v) is 4.27. The van der Waals surface area contributed by atoms with Crippen molar-refractivity contribution in [3.05, 3.63) is 60.3 Å². The molecule has 5 rings (SSSR count). The van der Waals surface area contributed by atoms with Gasteiger partial charge in [-0.05, 0) is 48.3 Å². The van der Waals surface area contributed by atoms with Crippen LogP contribution in [-0.2, 0) is 5.54 Å². The average molecular weight is 399 g/mol. The number of nitriles is 1. The standard InChI is InChI=1S/C21H18N7P/c22-10-17-15-9-13(4-5-16(15)27-28-17)14-11-24-20(25-12-14)26-21(6-2-7-21)19-18(29)3-1-8-23-19/h1,3-5,8-9,11-12H,2,6-7,29H2,(H,27,28)(H,24,25,26). The van der Waals surface area contributed by atoms with Crippen LogP contribution in [0.15, 0.2) is 48.9 Å². The molecule has 1 fully saturated rings. The fraction of sp³-hybridized carbons (Fsp3) is 0.190. The van der Waals surface area contributed by atoms with Crippen molar-refractivity contribution in [1.82, 2.24) is 25.1 Å². The second kappa shape index (κ2) is 6.91. The largest absolute Gasteiger partial charge is 0.343 e. The summed E-state index contributed by atoms with van der Waals surface area (Å²) in [5, 5.41) is 21.5. The van der Waals surface area contributed by atoms with Crippen molar-refractivity contribution in [3.63, 3.8) is 0 Å². The molecule has 0 aliphatic heterocycles. The molecule has 29 heavy (non-hydrogen) atoms. The molecule has 3 aromatic heterocycles. The third-order valence-electron chi connectivity index (χ3n) is 5.50. The van der Waals surface area contributed by atoms with Crippen LogP contribution >= 0.6 is 9.24 Å². The van der Waals surface area contributed by atoms with E-state index in [1.54, 1.807) is 12.4 Å². The Balaban J connectivity index is 1.43. The number of nitrogens with one attached hydrogen (secondary N) is 2. The van der Waals surface area contributed by atoms with Gasteiger partial charge in [0, 0.05) is 29.5 Å². The van der Waals surface area contributed by atoms with Gasteiger partial charge in [0.25, 0.3) is 0 Å². The van der Waals surface area contributed by atoms with Crippen molar-refractivity contribution in [3.8, 4) is 17.2 Å². The highest BCUT2D eigenvalue weighted by atomic mass is 31.0. The van der Waals surface area contributed by atoms with Gasteiger partial charge in [0.05, 0.1) is 16.7 Å². The van der Waals surface area contributed by atoms with Crippen molar-refractivity contribution in [1.29, 1.82) is 5.26 Å². The highest BCUT2D eigenvalue weighted by Crippen LogP contribution is 2.42. The van der Waals surface area contributed by atoms with Gasteiger partial charge >= 0.3 is 0 Å². The Hall–Kier alpha value is -3.36. The van der Waals surface area contributed by atoms with Gasteiger partial charge in [0.15, 0.2) is 5.69 Å². The molecule has 142 valence electrons. The lowest BCUT2D eigenvalue weighted by atomic mass is 9.74. The lowest BCUT2D eigenvalue weighted by Gasteiger charge is -2.42. The van der Waals surface area contributed by atoms with Gasteiger partial charge in [-0.1, -0.05) is 12.1 Å². The molecule has 0 amide bonds. The van der Waals surface area contributed by atoms with Crippen molar-refractivity contribution in [2.45, 2.75) is 24.8 Å². The molecule has 4 aromatic rings. The molecule has 2 N–H and O–H groups in total. The van der Waals surface area contributed by atoms with Crippen LogP contribution in [0.1, 0.15) is 30.7 Å². The topological polar surface area (TPSA) is 103 Å². The number of hydrogen-bond donors (Lipinski definition) is 2. The monoisotopic (exact) mass is 399 g/mol. The number of aromatic amines is 1. The minimum absolute atomic E-state index is 0.211. The number of fused-ring (bicyclic) bond motifs is 1. The molecule has 7 nitrogen and oxygen atoms in total. The van der Waals surface area contributed by atoms with Crippen LogP contribution in [0.2, 0.25) is 0 Å². The van der Waals surface area contributed by atoms with Gasteiger partial charge in [-0.2, -0.15) is 10.4 Å². The number of nitrogens with zero attached hydrogens (tertiary/aromatic N) is 5. The molecule has 1 unspecified atom stereocenters. The van der Waals surface area contributed by atoms with Crippen LogP contribution in [0.3, 0.4) is 0 Å². The molecular formula is C21H18N7P. The lowest BCUT2D eigenvalue weighted by molar-refractivity contribution is 0.277. The summed E-state index contributed by atoms with van der Waals surface area (Å²) in [4.78, 5) is 13.7. The molecule has 3 heterocycles. The number of rotatable bonds is 4. The molecular weight excluding hydrogens is 381 g/mol. The normalized spacial score (nSPS) is 14.9. The summed E-state index contributed by atoms with van der Waals surface area (Å²) in [6, 6.07) is 11.9. The Kier molecular flexibility index (Phi) is 4.22. The Bertz CT molecular complexity index is 1240. The maximum atomic E-state index is 9.20. The Labute approximate surface area is 169 Å². The first-order valence-corrected chi connectivity index (χ1v) is 9.96. The quantitative estimate of drug-likeness (QED) is 0.511. The minimum atomic E-state index is -0.211. The van der Waals surface area contributed by atoms with E-state index < -0.39 is 0 Å². The molecule has 0 spiro atoms. The van der Waals surface area contributed by atoms with E-state index in [-0.39, 0.29) is 5.54 Å². The third-order valence-corrected chi connectivity index (χ3v) is 5.97. The van der Waals surface area contributed by atoms with Crippen LogP contribution in [0, 0.1) is 11.3 Å². The zero-order valence-corrected chi connectivity index (χ0v) is 16.7. The zero-order valence-electron chi connectivity index (χ0n) is 15.6. The lowest BCUT2D eigenvalue weighted by Crippen LogP contribution is -2.45. The van der Waals surface area contributed by atoms with E-state index in [1.165, 1.54) is 0 Å². The van der Waals surface area contributed by atoms with Crippen molar-refractivity contribution in [2.24, 2.45) is 0 Å². The van der Waals surface area contributed by atoms with Gasteiger partial charge in [0.2, 0.25) is 5.95 Å². The Morgan fingerprint density at radius 1 is 1.10 bits per heavy atom. The maximum absolute atomic E-state index is 9.20. The summed E-state index contributed by atoms with van der Waals surface area (Å²) < 4.78 is 0. The van der Waals surface area contributed by atoms with E-state index in [0.717, 1.165) is 52.3 Å². The molecule has 1 aliphatic carbocycles. The second-order valence-corrected chi connectivity index (χ2v) is 7.86. The number of H-pyrrole nitrogens is 1. The molecule has 0 bridgehead atoms. The molecule has 1 aromatic carbocycles. The first-order valence-electron chi connectivity index (χ1n) is 9.38. The van der Waals surface area contributed by atoms with E-state index in [4.69, 9.17) is 0 Å². The number of anilines is 1. The van der Waals surface area contributed by atoms with Crippen LogP contribution in [-0.4, -0.2) is 25.1 Å². The number of aromatic nitrogens is 5. The molecule has 8 heteroatoms. The van der Waals surface area contributed by atoms with E-state index in [2.05, 4.69) is 51.8 Å². The SMILES string of the molecule is N#Cc1n[nH]c2ccc(-c3cnc(NC4(c5ncccc5P)CCC4)nc3)cc12. The number of hydrogen-bond acceptors (Lipinski definition) is 6. The van der Waals surface area contributed by atoms with E-state index in [1.807, 2.05) is 30.5 Å². The summed E-state index contributed by atoms with van der Waals surface area (Å²) in [6.45, 7) is 0. The summed E-state index contributed by atoms with van der Waals surface area (Å²) in [5.74, 6) is 0.589. The van der Waals surface area contributed by atoms with Crippen LogP contribution < -0.4 is 10.6 Å². The van der Waals surface area contributed by atoms with E-state index >= 15 is 0 Å². The van der Waals surface area contributed by atoms with Crippen molar-refractivity contribution >= 4 is 31.4 Å². The predicted octanol–water partition coefficient (Wildman–Crippen LogP) is 3.28. The van der Waals surface area contributed by atoms with E-state index in [9.17, 15) is 5.26 Å². The van der Waals surface area contributed by atoms with Gasteiger partial charge < -0.3 is 5.32 Å². The average Bonchev–Trinajstić information content (AvgIpc) is 3.14. The predicted molar refractivity (Wildman–Crippen MR) is 115 cm³/mol. The molecule has 0 saturated heterocycles. The molecule has 1 saturated carbocycles. The summed E-state index contributed by atoms with van der Waals surface area (Å²) in [7, 11) is 2.77. The van der Waals surface area contributed by atoms with Crippen LogP contribution in [0.5, 0.6) is 0 Å². The van der Waals surface area contributed by atoms with Gasteiger partial charge in [-0.25, -0.2) is 9.97 Å². The molecule has 0 radical (unpaired) electrons. The van der Waals surface area contributed by atoms with Crippen LogP contribution in [0.4, 0.5) is 5.95 Å². The van der Waals surface area contributed by atoms with Gasteiger partial charge in [0.1, 0.15) is 6.07 Å². The minimum Gasteiger partial charge on any atom is -0.343 e. The van der Waals surface area contributed by atoms with Gasteiger partial charge in [-0.3, -0.25) is 10.1 Å². The smallest absolute Gasteiger partial charge is 0.223 e. The van der Waals surface area contributed by atoms with E-state index in [0.29, 0.717) is 11.6 Å². The first-order chi connectivity index (χ1) is 14.2. The summed E-state index contributed by atoms with van der Waals surface area (Å²) >= 11 is 0. The van der Waals surface area contributed by atoms with Gasteiger partial charge in [-0.15, -0.1) is 9.24 Å². The third kappa shape index (κ3) is 3.02. The summed E-state index contributed by atoms with van der Waals surface area (Å²) in [6.07, 6.45) is 8.59.